The zero-order valence-electron chi connectivity index (χ0n) is 15.9. The molecular formula is C20H24N4O4. The first kappa shape index (κ1) is 18.5. The molecule has 3 heterocycles. The number of carbonyl (C=O) groups is 2. The summed E-state index contributed by atoms with van der Waals surface area (Å²) < 4.78 is 12.3. The number of rotatable bonds is 4. The van der Waals surface area contributed by atoms with Crippen molar-refractivity contribution in [1.29, 1.82) is 0 Å². The molecule has 2 amide bonds. The van der Waals surface area contributed by atoms with Crippen molar-refractivity contribution in [2.24, 2.45) is 0 Å². The Morgan fingerprint density at radius 3 is 2.43 bits per heavy atom. The van der Waals surface area contributed by atoms with E-state index in [-0.39, 0.29) is 17.9 Å². The lowest BCUT2D eigenvalue weighted by molar-refractivity contribution is -0.142. The summed E-state index contributed by atoms with van der Waals surface area (Å²) in [6, 6.07) is 9.19. The highest BCUT2D eigenvalue weighted by Crippen LogP contribution is 2.18. The van der Waals surface area contributed by atoms with Crippen molar-refractivity contribution in [2.75, 3.05) is 39.9 Å². The summed E-state index contributed by atoms with van der Waals surface area (Å²) in [5, 5.41) is 4.41. The minimum Gasteiger partial charge on any atom is -0.497 e. The molecule has 0 bridgehead atoms. The number of benzene rings is 1. The van der Waals surface area contributed by atoms with Crippen molar-refractivity contribution < 1.29 is 19.1 Å². The zero-order chi connectivity index (χ0) is 19.5. The largest absolute Gasteiger partial charge is 0.497 e. The molecule has 2 aromatic rings. The molecule has 0 spiro atoms. The monoisotopic (exact) mass is 384 g/mol. The van der Waals surface area contributed by atoms with Crippen molar-refractivity contribution in [2.45, 2.75) is 18.9 Å². The highest BCUT2D eigenvalue weighted by atomic mass is 16.5. The topological polar surface area (TPSA) is 76.9 Å². The fraction of sp³-hybridized carbons (Fsp3) is 0.450. The van der Waals surface area contributed by atoms with E-state index in [4.69, 9.17) is 9.47 Å². The first-order valence-electron chi connectivity index (χ1n) is 9.55. The lowest BCUT2D eigenvalue weighted by Gasteiger charge is -2.35. The third-order valence-corrected chi connectivity index (χ3v) is 5.23. The minimum atomic E-state index is -0.303. The van der Waals surface area contributed by atoms with Crippen LogP contribution in [-0.4, -0.2) is 77.4 Å². The maximum absolute atomic E-state index is 12.8. The van der Waals surface area contributed by atoms with E-state index in [1.807, 2.05) is 24.3 Å². The van der Waals surface area contributed by atoms with E-state index < -0.39 is 0 Å². The van der Waals surface area contributed by atoms with Crippen LogP contribution in [0.25, 0.3) is 5.69 Å². The Morgan fingerprint density at radius 2 is 1.79 bits per heavy atom. The minimum absolute atomic E-state index is 0.0494. The summed E-state index contributed by atoms with van der Waals surface area (Å²) in [5.74, 6) is 0.701. The van der Waals surface area contributed by atoms with Crippen LogP contribution in [0, 0.1) is 0 Å². The molecule has 28 heavy (non-hydrogen) atoms. The van der Waals surface area contributed by atoms with Gasteiger partial charge in [-0.05, 0) is 43.2 Å². The third-order valence-electron chi connectivity index (χ3n) is 5.23. The van der Waals surface area contributed by atoms with E-state index in [9.17, 15) is 9.59 Å². The number of amides is 2. The quantitative estimate of drug-likeness (QED) is 0.795. The molecule has 8 heteroatoms. The summed E-state index contributed by atoms with van der Waals surface area (Å²) in [6.07, 6.45) is 3.20. The van der Waals surface area contributed by atoms with Crippen LogP contribution in [0.4, 0.5) is 0 Å². The number of hydrogen-bond acceptors (Lipinski definition) is 5. The van der Waals surface area contributed by atoms with Gasteiger partial charge in [0, 0.05) is 39.0 Å². The Hall–Kier alpha value is -2.87. The van der Waals surface area contributed by atoms with Crippen LogP contribution < -0.4 is 4.74 Å². The van der Waals surface area contributed by atoms with Crippen LogP contribution in [0.1, 0.15) is 23.3 Å². The summed E-state index contributed by atoms with van der Waals surface area (Å²) in [6.45, 7) is 2.73. The number of piperazine rings is 1. The van der Waals surface area contributed by atoms with Gasteiger partial charge in [-0.15, -0.1) is 0 Å². The van der Waals surface area contributed by atoms with E-state index in [0.717, 1.165) is 24.3 Å². The first-order chi connectivity index (χ1) is 13.7. The van der Waals surface area contributed by atoms with Gasteiger partial charge in [-0.25, -0.2) is 4.68 Å². The molecule has 2 saturated heterocycles. The molecule has 1 unspecified atom stereocenters. The number of hydrogen-bond donors (Lipinski definition) is 0. The molecule has 2 aliphatic rings. The Balaban J connectivity index is 1.36. The van der Waals surface area contributed by atoms with Crippen LogP contribution in [-0.2, 0) is 9.53 Å². The number of nitrogens with zero attached hydrogens (tertiary/aromatic N) is 4. The van der Waals surface area contributed by atoms with Crippen LogP contribution in [0.3, 0.4) is 0 Å². The lowest BCUT2D eigenvalue weighted by Crippen LogP contribution is -2.52. The predicted molar refractivity (Wildman–Crippen MR) is 102 cm³/mol. The van der Waals surface area contributed by atoms with E-state index in [1.54, 1.807) is 33.9 Å². The van der Waals surface area contributed by atoms with Crippen molar-refractivity contribution in [3.63, 3.8) is 0 Å². The molecule has 1 aromatic carbocycles. The van der Waals surface area contributed by atoms with E-state index in [1.165, 1.54) is 0 Å². The Morgan fingerprint density at radius 1 is 1.07 bits per heavy atom. The van der Waals surface area contributed by atoms with Crippen molar-refractivity contribution in [1.82, 2.24) is 19.6 Å². The molecule has 148 valence electrons. The molecule has 4 rings (SSSR count). The highest BCUT2D eigenvalue weighted by Gasteiger charge is 2.31. The molecule has 0 saturated carbocycles. The second-order valence-corrected chi connectivity index (χ2v) is 6.96. The lowest BCUT2D eigenvalue weighted by atomic mass is 10.2. The van der Waals surface area contributed by atoms with Gasteiger partial charge in [0.25, 0.3) is 11.8 Å². The summed E-state index contributed by atoms with van der Waals surface area (Å²) >= 11 is 0. The normalized spacial score (nSPS) is 19.7. The number of methoxy groups -OCH3 is 1. The maximum atomic E-state index is 12.8. The van der Waals surface area contributed by atoms with Crippen LogP contribution >= 0.6 is 0 Å². The van der Waals surface area contributed by atoms with Gasteiger partial charge in [0.1, 0.15) is 11.9 Å². The standard InChI is InChI=1S/C20H24N4O4/c1-27-16-6-4-15(5-7-16)24-9-8-17(21-24)19(25)22-10-12-23(13-11-22)20(26)18-3-2-14-28-18/h4-9,18H,2-3,10-14H2,1H3. The number of carbonyl (C=O) groups excluding carboxylic acids is 2. The molecule has 2 aliphatic heterocycles. The molecule has 0 N–H and O–H groups in total. The number of ether oxygens (including phenoxy) is 2. The average molecular weight is 384 g/mol. The second kappa shape index (κ2) is 8.02. The van der Waals surface area contributed by atoms with E-state index in [2.05, 4.69) is 5.10 Å². The molecule has 1 atom stereocenters. The maximum Gasteiger partial charge on any atom is 0.274 e. The van der Waals surface area contributed by atoms with Gasteiger partial charge in [-0.2, -0.15) is 5.10 Å². The average Bonchev–Trinajstić information content (AvgIpc) is 3.45. The molecule has 2 fully saturated rings. The molecule has 0 aliphatic carbocycles. The van der Waals surface area contributed by atoms with Crippen LogP contribution in [0.2, 0.25) is 0 Å². The Kier molecular flexibility index (Phi) is 5.29. The predicted octanol–water partition coefficient (Wildman–Crippen LogP) is 1.34. The van der Waals surface area contributed by atoms with Gasteiger partial charge in [0.05, 0.1) is 12.8 Å². The third kappa shape index (κ3) is 3.73. The molecule has 8 nitrogen and oxygen atoms in total. The highest BCUT2D eigenvalue weighted by molar-refractivity contribution is 5.92. The fourth-order valence-electron chi connectivity index (χ4n) is 3.58. The van der Waals surface area contributed by atoms with E-state index >= 15 is 0 Å². The fourth-order valence-corrected chi connectivity index (χ4v) is 3.58. The Labute approximate surface area is 163 Å². The van der Waals surface area contributed by atoms with Crippen LogP contribution in [0.5, 0.6) is 5.75 Å². The van der Waals surface area contributed by atoms with Gasteiger partial charge in [-0.3, -0.25) is 9.59 Å². The van der Waals surface area contributed by atoms with Crippen molar-refractivity contribution >= 4 is 11.8 Å². The number of aromatic nitrogens is 2. The molecule has 0 radical (unpaired) electrons. The smallest absolute Gasteiger partial charge is 0.274 e. The summed E-state index contributed by atoms with van der Waals surface area (Å²) in [5.41, 5.74) is 1.25. The first-order valence-corrected chi connectivity index (χ1v) is 9.55. The summed E-state index contributed by atoms with van der Waals surface area (Å²) in [7, 11) is 1.62. The van der Waals surface area contributed by atoms with Gasteiger partial charge >= 0.3 is 0 Å². The second-order valence-electron chi connectivity index (χ2n) is 6.96. The van der Waals surface area contributed by atoms with Crippen molar-refractivity contribution in [3.8, 4) is 11.4 Å². The Bertz CT molecular complexity index is 834. The van der Waals surface area contributed by atoms with Crippen LogP contribution in [0.15, 0.2) is 36.5 Å². The van der Waals surface area contributed by atoms with Gasteiger partial charge in [0.2, 0.25) is 0 Å². The summed E-state index contributed by atoms with van der Waals surface area (Å²) in [4.78, 5) is 28.8. The molecular weight excluding hydrogens is 360 g/mol. The van der Waals surface area contributed by atoms with Gasteiger partial charge in [-0.1, -0.05) is 0 Å². The van der Waals surface area contributed by atoms with Gasteiger partial charge < -0.3 is 19.3 Å². The van der Waals surface area contributed by atoms with E-state index in [0.29, 0.717) is 38.5 Å². The van der Waals surface area contributed by atoms with Gasteiger partial charge in [0.15, 0.2) is 5.69 Å². The molecule has 1 aromatic heterocycles. The zero-order valence-corrected chi connectivity index (χ0v) is 15.9. The van der Waals surface area contributed by atoms with Crippen molar-refractivity contribution in [3.05, 3.63) is 42.2 Å². The SMILES string of the molecule is COc1ccc(-n2ccc(C(=O)N3CCN(C(=O)C4CCCO4)CC3)n2)cc1.